The predicted molar refractivity (Wildman–Crippen MR) is 83.1 cm³/mol. The predicted octanol–water partition coefficient (Wildman–Crippen LogP) is 2.79. The van der Waals surface area contributed by atoms with Crippen LogP contribution in [0, 0.1) is 17.7 Å². The fourth-order valence-corrected chi connectivity index (χ4v) is 2.77. The van der Waals surface area contributed by atoms with Crippen molar-refractivity contribution >= 4 is 17.4 Å². The van der Waals surface area contributed by atoms with Gasteiger partial charge < -0.3 is 5.73 Å². The molecular formula is C16H15FN2O2S. The third-order valence-electron chi connectivity index (χ3n) is 2.88. The van der Waals surface area contributed by atoms with Gasteiger partial charge in [0.15, 0.2) is 0 Å². The fraction of sp³-hybridized carbons (Fsp3) is 0.188. The maximum atomic E-state index is 12.8. The van der Waals surface area contributed by atoms with Crippen LogP contribution in [0.3, 0.4) is 0 Å². The zero-order chi connectivity index (χ0) is 15.9. The Morgan fingerprint density at radius 2 is 1.86 bits per heavy atom. The lowest BCUT2D eigenvalue weighted by atomic mass is 10.1. The van der Waals surface area contributed by atoms with Crippen molar-refractivity contribution in [1.29, 1.82) is 0 Å². The number of hydrogen-bond donors (Lipinski definition) is 2. The van der Waals surface area contributed by atoms with E-state index in [1.807, 2.05) is 12.1 Å². The molecule has 0 fully saturated rings. The highest BCUT2D eigenvalue weighted by molar-refractivity contribution is 7.12. The highest BCUT2D eigenvalue weighted by Gasteiger charge is 2.02. The van der Waals surface area contributed by atoms with Crippen molar-refractivity contribution in [3.8, 4) is 11.8 Å². The Hall–Kier alpha value is -2.36. The van der Waals surface area contributed by atoms with Gasteiger partial charge in [-0.1, -0.05) is 24.0 Å². The van der Waals surface area contributed by atoms with E-state index in [1.165, 1.54) is 17.0 Å². The van der Waals surface area contributed by atoms with Crippen LogP contribution in [0.1, 0.15) is 15.3 Å². The molecule has 0 aliphatic rings. The highest BCUT2D eigenvalue weighted by Crippen LogP contribution is 2.20. The third-order valence-corrected chi connectivity index (χ3v) is 3.96. The first-order chi connectivity index (χ1) is 10.5. The summed E-state index contributed by atoms with van der Waals surface area (Å²) >= 11 is 1.63. The van der Waals surface area contributed by atoms with Crippen molar-refractivity contribution in [3.63, 3.8) is 0 Å². The van der Waals surface area contributed by atoms with Crippen molar-refractivity contribution in [2.24, 2.45) is 5.73 Å². The average molecular weight is 318 g/mol. The van der Waals surface area contributed by atoms with Crippen molar-refractivity contribution in [3.05, 3.63) is 57.5 Å². The first kappa shape index (κ1) is 16.0. The van der Waals surface area contributed by atoms with E-state index < -0.39 is 6.03 Å². The van der Waals surface area contributed by atoms with Crippen molar-refractivity contribution in [2.75, 3.05) is 6.54 Å². The fourth-order valence-electron chi connectivity index (χ4n) is 1.77. The van der Waals surface area contributed by atoms with Gasteiger partial charge in [-0.15, -0.1) is 11.3 Å². The minimum atomic E-state index is -0.924. The summed E-state index contributed by atoms with van der Waals surface area (Å²) in [6, 6.07) is 9.54. The number of carbonyl (C=O) groups excluding carboxylic acids is 1. The summed E-state index contributed by atoms with van der Waals surface area (Å²) in [6.07, 6.45) is 1.30. The molecule has 3 N–H and O–H groups in total. The molecule has 1 aromatic heterocycles. The van der Waals surface area contributed by atoms with E-state index in [1.54, 1.807) is 23.5 Å². The molecule has 0 aliphatic carbocycles. The van der Waals surface area contributed by atoms with Crippen LogP contribution < -0.4 is 5.73 Å². The molecule has 0 unspecified atom stereocenters. The number of hydroxylamine groups is 2. The molecule has 0 bridgehead atoms. The Morgan fingerprint density at radius 3 is 2.55 bits per heavy atom. The number of hydrogen-bond acceptors (Lipinski definition) is 3. The van der Waals surface area contributed by atoms with Gasteiger partial charge in [0.1, 0.15) is 12.4 Å². The maximum absolute atomic E-state index is 12.8. The molecule has 0 radical (unpaired) electrons. The van der Waals surface area contributed by atoms with Gasteiger partial charge in [0, 0.05) is 22.6 Å². The van der Waals surface area contributed by atoms with Gasteiger partial charge in [-0.25, -0.2) is 9.18 Å². The van der Waals surface area contributed by atoms with Crippen LogP contribution >= 0.6 is 11.3 Å². The lowest BCUT2D eigenvalue weighted by molar-refractivity contribution is -0.0269. The van der Waals surface area contributed by atoms with Crippen LogP contribution in [0.25, 0.3) is 0 Å². The molecule has 4 nitrogen and oxygen atoms in total. The summed E-state index contributed by atoms with van der Waals surface area (Å²) in [5.41, 5.74) is 5.92. The molecule has 2 aromatic rings. The van der Waals surface area contributed by atoms with Gasteiger partial charge in [-0.05, 0) is 29.8 Å². The number of carbonyl (C=O) groups is 1. The number of nitrogens with two attached hydrogens (primary N) is 1. The minimum absolute atomic E-state index is 0.108. The first-order valence-corrected chi connectivity index (χ1v) is 7.40. The van der Waals surface area contributed by atoms with E-state index in [0.717, 1.165) is 16.9 Å². The molecule has 2 rings (SSSR count). The van der Waals surface area contributed by atoms with E-state index in [4.69, 9.17) is 10.9 Å². The Kier molecular flexibility index (Phi) is 5.53. The number of benzene rings is 1. The van der Waals surface area contributed by atoms with Gasteiger partial charge in [0.2, 0.25) is 0 Å². The molecule has 0 saturated carbocycles. The number of thiophene rings is 1. The van der Waals surface area contributed by atoms with Gasteiger partial charge >= 0.3 is 6.03 Å². The van der Waals surface area contributed by atoms with Gasteiger partial charge in [0.25, 0.3) is 0 Å². The molecule has 0 atom stereocenters. The molecule has 1 aromatic carbocycles. The standard InChI is InChI=1S/C16H15FN2O2S/c17-13-6-4-12(5-7-13)11-15-9-8-14(22-15)3-1-2-10-19(21)16(18)20/h4-9,21H,3,10-11H2,(H2,18,20). The second-order valence-electron chi connectivity index (χ2n) is 4.60. The molecule has 6 heteroatoms. The normalized spacial score (nSPS) is 9.91. The summed E-state index contributed by atoms with van der Waals surface area (Å²) in [7, 11) is 0. The molecule has 22 heavy (non-hydrogen) atoms. The van der Waals surface area contributed by atoms with Crippen LogP contribution in [0.4, 0.5) is 9.18 Å². The molecule has 0 saturated heterocycles. The second-order valence-corrected chi connectivity index (χ2v) is 5.85. The van der Waals surface area contributed by atoms with Crippen LogP contribution in [-0.2, 0) is 12.8 Å². The topological polar surface area (TPSA) is 66.6 Å². The Balaban J connectivity index is 1.88. The number of rotatable bonds is 4. The largest absolute Gasteiger partial charge is 0.350 e. The van der Waals surface area contributed by atoms with Gasteiger partial charge in [-0.2, -0.15) is 5.06 Å². The lowest BCUT2D eigenvalue weighted by Gasteiger charge is -2.05. The molecule has 0 aliphatic heterocycles. The summed E-state index contributed by atoms with van der Waals surface area (Å²) in [5.74, 6) is 5.31. The molecule has 2 amide bonds. The summed E-state index contributed by atoms with van der Waals surface area (Å²) < 4.78 is 12.8. The van der Waals surface area contributed by atoms with E-state index in [9.17, 15) is 9.18 Å². The van der Waals surface area contributed by atoms with Gasteiger partial charge in [-0.3, -0.25) is 5.21 Å². The number of nitrogens with zero attached hydrogens (tertiary/aromatic N) is 1. The third kappa shape index (κ3) is 4.88. The van der Waals surface area contributed by atoms with Crippen molar-refractivity contribution in [2.45, 2.75) is 12.8 Å². The number of primary amides is 1. The number of halogens is 1. The average Bonchev–Trinajstić information content (AvgIpc) is 2.93. The monoisotopic (exact) mass is 318 g/mol. The van der Waals surface area contributed by atoms with Gasteiger partial charge in [0.05, 0.1) is 0 Å². The van der Waals surface area contributed by atoms with Crippen LogP contribution in [-0.4, -0.2) is 22.8 Å². The van der Waals surface area contributed by atoms with E-state index in [0.29, 0.717) is 11.5 Å². The molecule has 1 heterocycles. The zero-order valence-electron chi connectivity index (χ0n) is 11.8. The lowest BCUT2D eigenvalue weighted by Crippen LogP contribution is -2.32. The molecular weight excluding hydrogens is 303 g/mol. The van der Waals surface area contributed by atoms with Crippen molar-refractivity contribution < 1.29 is 14.4 Å². The maximum Gasteiger partial charge on any atom is 0.339 e. The van der Waals surface area contributed by atoms with E-state index >= 15 is 0 Å². The summed E-state index contributed by atoms with van der Waals surface area (Å²) in [5, 5.41) is 9.41. The summed E-state index contributed by atoms with van der Waals surface area (Å²) in [4.78, 5) is 12.8. The second kappa shape index (κ2) is 7.59. The van der Waals surface area contributed by atoms with Crippen LogP contribution in [0.5, 0.6) is 0 Å². The SMILES string of the molecule is NC(=O)N(O)CC#CCc1ccc(Cc2ccc(F)cc2)s1. The van der Waals surface area contributed by atoms with Crippen molar-refractivity contribution in [1.82, 2.24) is 5.06 Å². The Bertz CT molecular complexity index is 701. The number of urea groups is 1. The van der Waals surface area contributed by atoms with Crippen LogP contribution in [0.15, 0.2) is 36.4 Å². The minimum Gasteiger partial charge on any atom is -0.350 e. The quantitative estimate of drug-likeness (QED) is 0.517. The van der Waals surface area contributed by atoms with E-state index in [2.05, 4.69) is 11.8 Å². The molecule has 114 valence electrons. The summed E-state index contributed by atoms with van der Waals surface area (Å²) in [6.45, 7) is -0.108. The number of amides is 2. The smallest absolute Gasteiger partial charge is 0.339 e. The zero-order valence-corrected chi connectivity index (χ0v) is 12.6. The highest BCUT2D eigenvalue weighted by atomic mass is 32.1. The first-order valence-electron chi connectivity index (χ1n) is 6.58. The Labute approximate surface area is 131 Å². The Morgan fingerprint density at radius 1 is 1.18 bits per heavy atom. The molecule has 0 spiro atoms. The van der Waals surface area contributed by atoms with Crippen LogP contribution in [0.2, 0.25) is 0 Å². The van der Waals surface area contributed by atoms with E-state index in [-0.39, 0.29) is 12.4 Å².